The predicted octanol–water partition coefficient (Wildman–Crippen LogP) is 3.81. The Hall–Kier alpha value is -3.66. The zero-order chi connectivity index (χ0) is 18.3. The molecule has 2 amide bonds. The van der Waals surface area contributed by atoms with Gasteiger partial charge in [0.1, 0.15) is 0 Å². The van der Waals surface area contributed by atoms with Crippen molar-refractivity contribution in [1.82, 2.24) is 0 Å². The first-order valence-corrected chi connectivity index (χ1v) is 8.20. The summed E-state index contributed by atoms with van der Waals surface area (Å²) in [6.07, 6.45) is 0. The molecule has 0 radical (unpaired) electrons. The number of fused-ring (bicyclic) bond motifs is 3. The molecule has 2 bridgehead atoms. The maximum atomic E-state index is 11.3. The Balaban J connectivity index is 1.90. The van der Waals surface area contributed by atoms with Crippen LogP contribution >= 0.6 is 0 Å². The van der Waals surface area contributed by atoms with Gasteiger partial charge in [0.05, 0.1) is 0 Å². The third-order valence-corrected chi connectivity index (χ3v) is 4.63. The van der Waals surface area contributed by atoms with Crippen molar-refractivity contribution in [3.05, 3.63) is 83.9 Å². The van der Waals surface area contributed by atoms with Crippen LogP contribution in [0.2, 0.25) is 0 Å². The fourth-order valence-corrected chi connectivity index (χ4v) is 3.32. The third-order valence-electron chi connectivity index (χ3n) is 4.63. The second-order valence-electron chi connectivity index (χ2n) is 6.21. The van der Waals surface area contributed by atoms with Crippen molar-refractivity contribution in [3.63, 3.8) is 0 Å². The first-order valence-electron chi connectivity index (χ1n) is 8.20. The topological polar surface area (TPSA) is 86.2 Å². The molecule has 0 saturated heterocycles. The van der Waals surface area contributed by atoms with E-state index in [0.717, 1.165) is 33.0 Å². The molecule has 4 heteroatoms. The van der Waals surface area contributed by atoms with Crippen molar-refractivity contribution in [3.8, 4) is 22.3 Å². The summed E-state index contributed by atoms with van der Waals surface area (Å²) in [7, 11) is 0. The van der Waals surface area contributed by atoms with E-state index >= 15 is 0 Å². The lowest BCUT2D eigenvalue weighted by Crippen LogP contribution is -2.10. The quantitative estimate of drug-likeness (QED) is 0.592. The molecule has 0 unspecified atom stereocenters. The average Bonchev–Trinajstić information content (AvgIpc) is 2.68. The summed E-state index contributed by atoms with van der Waals surface area (Å²) >= 11 is 0. The van der Waals surface area contributed by atoms with Crippen molar-refractivity contribution in [2.75, 3.05) is 0 Å². The van der Waals surface area contributed by atoms with Crippen LogP contribution in [-0.4, -0.2) is 11.8 Å². The SMILES string of the molecule is NC(=O)c1ccc(-c2c(-c3ccc(C(N)=O)cc3)c3ccc2cc3)cc1. The van der Waals surface area contributed by atoms with Crippen molar-refractivity contribution in [2.24, 2.45) is 11.5 Å². The fraction of sp³-hybridized carbons (Fsp3) is 0. The Morgan fingerprint density at radius 3 is 1.08 bits per heavy atom. The summed E-state index contributed by atoms with van der Waals surface area (Å²) in [5.74, 6) is -0.889. The fourth-order valence-electron chi connectivity index (χ4n) is 3.32. The van der Waals surface area contributed by atoms with E-state index in [1.807, 2.05) is 24.3 Å². The lowest BCUT2D eigenvalue weighted by molar-refractivity contribution is 0.0992. The van der Waals surface area contributed by atoms with E-state index < -0.39 is 11.8 Å². The highest BCUT2D eigenvalue weighted by atomic mass is 16.1. The van der Waals surface area contributed by atoms with E-state index in [1.165, 1.54) is 0 Å². The van der Waals surface area contributed by atoms with Crippen LogP contribution < -0.4 is 11.5 Å². The van der Waals surface area contributed by atoms with Crippen LogP contribution in [-0.2, 0) is 0 Å². The molecule has 0 aromatic heterocycles. The van der Waals surface area contributed by atoms with Gasteiger partial charge in [-0.25, -0.2) is 0 Å². The van der Waals surface area contributed by atoms with Gasteiger partial charge in [-0.2, -0.15) is 0 Å². The average molecular weight is 340 g/mol. The van der Waals surface area contributed by atoms with Gasteiger partial charge in [-0.3, -0.25) is 9.59 Å². The van der Waals surface area contributed by atoms with Crippen molar-refractivity contribution < 1.29 is 9.59 Å². The van der Waals surface area contributed by atoms with Crippen LogP contribution in [0.4, 0.5) is 0 Å². The maximum Gasteiger partial charge on any atom is 0.248 e. The number of nitrogens with two attached hydrogens (primary N) is 2. The van der Waals surface area contributed by atoms with Gasteiger partial charge < -0.3 is 11.5 Å². The number of carbonyl (C=O) groups is 2. The molecule has 0 atom stereocenters. The lowest BCUT2D eigenvalue weighted by atomic mass is 9.86. The molecule has 0 fully saturated rings. The number of carbonyl (C=O) groups excluding carboxylic acids is 2. The zero-order valence-electron chi connectivity index (χ0n) is 13.9. The molecule has 4 N–H and O–H groups in total. The maximum absolute atomic E-state index is 11.3. The minimum Gasteiger partial charge on any atom is -0.366 e. The minimum atomic E-state index is -0.445. The van der Waals surface area contributed by atoms with Gasteiger partial charge in [0, 0.05) is 11.1 Å². The molecular weight excluding hydrogens is 324 g/mol. The van der Waals surface area contributed by atoms with Crippen LogP contribution in [0.25, 0.3) is 33.0 Å². The number of amides is 2. The molecule has 0 aliphatic carbocycles. The highest BCUT2D eigenvalue weighted by Crippen LogP contribution is 2.40. The molecule has 0 aliphatic rings. The highest BCUT2D eigenvalue weighted by molar-refractivity contribution is 6.06. The summed E-state index contributed by atoms with van der Waals surface area (Å²) in [4.78, 5) is 22.7. The van der Waals surface area contributed by atoms with Gasteiger partial charge >= 0.3 is 0 Å². The molecular formula is C22H16N2O2. The smallest absolute Gasteiger partial charge is 0.248 e. The molecule has 126 valence electrons. The summed E-state index contributed by atoms with van der Waals surface area (Å²) in [6, 6.07) is 22.9. The Morgan fingerprint density at radius 1 is 0.500 bits per heavy atom. The van der Waals surface area contributed by atoms with Crippen LogP contribution in [0, 0.1) is 0 Å². The number of primary amides is 2. The van der Waals surface area contributed by atoms with Crippen LogP contribution in [0.1, 0.15) is 20.7 Å². The summed E-state index contributed by atoms with van der Waals surface area (Å²) < 4.78 is 0. The minimum absolute atomic E-state index is 0.445. The standard InChI is InChI=1S/C22H16N2O2/c23-21(25)17-9-5-15(6-10-17)19-13-1-2-14(4-3-13)20(19)16-7-11-18(12-8-16)22(24)26/h1-12H,(H2,23,25)(H2,24,26). The van der Waals surface area contributed by atoms with Gasteiger partial charge in [-0.1, -0.05) is 48.5 Å². The largest absolute Gasteiger partial charge is 0.366 e. The van der Waals surface area contributed by atoms with E-state index in [-0.39, 0.29) is 0 Å². The molecule has 5 rings (SSSR count). The molecule has 0 saturated carbocycles. The van der Waals surface area contributed by atoms with Crippen LogP contribution in [0.3, 0.4) is 0 Å². The molecule has 0 spiro atoms. The van der Waals surface area contributed by atoms with Gasteiger partial charge in [-0.15, -0.1) is 0 Å². The van der Waals surface area contributed by atoms with E-state index in [2.05, 4.69) is 24.3 Å². The Bertz CT molecular complexity index is 1000. The predicted molar refractivity (Wildman–Crippen MR) is 103 cm³/mol. The third kappa shape index (κ3) is 2.58. The number of rotatable bonds is 4. The van der Waals surface area contributed by atoms with Crippen molar-refractivity contribution in [1.29, 1.82) is 0 Å². The lowest BCUT2D eigenvalue weighted by Gasteiger charge is -2.17. The molecule has 5 aromatic rings. The molecule has 5 aromatic carbocycles. The van der Waals surface area contributed by atoms with E-state index in [9.17, 15) is 9.59 Å². The first kappa shape index (κ1) is 15.8. The van der Waals surface area contributed by atoms with E-state index in [0.29, 0.717) is 11.1 Å². The number of hydrogen-bond donors (Lipinski definition) is 2. The van der Waals surface area contributed by atoms with Crippen molar-refractivity contribution in [2.45, 2.75) is 0 Å². The van der Waals surface area contributed by atoms with Crippen LogP contribution in [0.5, 0.6) is 0 Å². The van der Waals surface area contributed by atoms with Gasteiger partial charge in [0.25, 0.3) is 0 Å². The molecule has 0 heterocycles. The van der Waals surface area contributed by atoms with Gasteiger partial charge in [-0.05, 0) is 57.3 Å². The summed E-state index contributed by atoms with van der Waals surface area (Å²) in [6.45, 7) is 0. The summed E-state index contributed by atoms with van der Waals surface area (Å²) in [5, 5.41) is 2.20. The number of hydrogen-bond acceptors (Lipinski definition) is 2. The summed E-state index contributed by atoms with van der Waals surface area (Å²) in [5.41, 5.74) is 15.8. The van der Waals surface area contributed by atoms with Gasteiger partial charge in [0.2, 0.25) is 11.8 Å². The Labute approximate surface area is 150 Å². The molecule has 4 nitrogen and oxygen atoms in total. The van der Waals surface area contributed by atoms with Crippen LogP contribution in [0.15, 0.2) is 72.8 Å². The van der Waals surface area contributed by atoms with E-state index in [4.69, 9.17) is 11.5 Å². The van der Waals surface area contributed by atoms with E-state index in [1.54, 1.807) is 24.3 Å². The Morgan fingerprint density at radius 2 is 0.808 bits per heavy atom. The zero-order valence-corrected chi connectivity index (χ0v) is 13.9. The highest BCUT2D eigenvalue weighted by Gasteiger charge is 2.15. The molecule has 0 aliphatic heterocycles. The second kappa shape index (κ2) is 6.01. The monoisotopic (exact) mass is 340 g/mol. The normalized spacial score (nSPS) is 10.9. The molecule has 26 heavy (non-hydrogen) atoms. The van der Waals surface area contributed by atoms with Crippen molar-refractivity contribution >= 4 is 22.6 Å². The second-order valence-corrected chi connectivity index (χ2v) is 6.21. The number of benzene rings is 5. The first-order chi connectivity index (χ1) is 12.5. The van der Waals surface area contributed by atoms with Gasteiger partial charge in [0.15, 0.2) is 0 Å². The Kier molecular flexibility index (Phi) is 3.66.